The lowest BCUT2D eigenvalue weighted by molar-refractivity contribution is -0.384. The summed E-state index contributed by atoms with van der Waals surface area (Å²) in [5.74, 6) is 0.305. The lowest BCUT2D eigenvalue weighted by atomic mass is 10.2. The van der Waals surface area contributed by atoms with Crippen molar-refractivity contribution in [2.75, 3.05) is 0 Å². The van der Waals surface area contributed by atoms with Crippen LogP contribution >= 0.6 is 35.6 Å². The Morgan fingerprint density at radius 2 is 1.97 bits per heavy atom. The molecule has 1 aromatic heterocycles. The summed E-state index contributed by atoms with van der Waals surface area (Å²) in [6.45, 7) is 0.579. The van der Waals surface area contributed by atoms with Gasteiger partial charge in [0.2, 0.25) is 0 Å². The quantitative estimate of drug-likeness (QED) is 0.181. The molecule has 1 saturated heterocycles. The van der Waals surface area contributed by atoms with Crippen LogP contribution in [0.25, 0.3) is 6.08 Å². The highest BCUT2D eigenvalue weighted by Crippen LogP contribution is 2.35. The van der Waals surface area contributed by atoms with Gasteiger partial charge >= 0.3 is 0 Å². The Kier molecular flexibility index (Phi) is 7.02. The summed E-state index contributed by atoms with van der Waals surface area (Å²) < 4.78 is 6.23. The van der Waals surface area contributed by atoms with Crippen molar-refractivity contribution in [2.45, 2.75) is 13.2 Å². The van der Waals surface area contributed by atoms with E-state index in [-0.39, 0.29) is 18.2 Å². The summed E-state index contributed by atoms with van der Waals surface area (Å²) in [7, 11) is 0. The van der Waals surface area contributed by atoms with E-state index in [0.29, 0.717) is 26.5 Å². The number of nitro groups is 1. The molecule has 1 amide bonds. The number of carbonyl (C=O) groups excluding carboxylic acids is 1. The molecule has 0 aliphatic carbocycles. The van der Waals surface area contributed by atoms with Gasteiger partial charge in [0.1, 0.15) is 16.7 Å². The zero-order chi connectivity index (χ0) is 23.4. The SMILES string of the molecule is O=C1/C(=C/c2ccc(OCc3ccc([N+](=O)[O-])cc3)c(Cl)c2)SC(=S)N1Cc1cccnc1. The molecule has 0 unspecified atom stereocenters. The number of carbonyl (C=O) groups is 1. The van der Waals surface area contributed by atoms with Gasteiger partial charge in [-0.05, 0) is 53.1 Å². The van der Waals surface area contributed by atoms with E-state index in [9.17, 15) is 14.9 Å². The van der Waals surface area contributed by atoms with E-state index in [1.807, 2.05) is 12.1 Å². The van der Waals surface area contributed by atoms with Crippen molar-refractivity contribution < 1.29 is 14.5 Å². The number of nitrogens with zero attached hydrogens (tertiary/aromatic N) is 3. The summed E-state index contributed by atoms with van der Waals surface area (Å²) in [5, 5.41) is 11.1. The molecule has 0 radical (unpaired) electrons. The second kappa shape index (κ2) is 10.1. The fourth-order valence-electron chi connectivity index (χ4n) is 3.06. The number of benzene rings is 2. The van der Waals surface area contributed by atoms with Gasteiger partial charge in [-0.2, -0.15) is 0 Å². The number of hydrogen-bond donors (Lipinski definition) is 0. The zero-order valence-corrected chi connectivity index (χ0v) is 19.4. The molecule has 2 aromatic carbocycles. The lowest BCUT2D eigenvalue weighted by Crippen LogP contribution is -2.27. The summed E-state index contributed by atoms with van der Waals surface area (Å²) in [6, 6.07) is 15.0. The Morgan fingerprint density at radius 1 is 1.18 bits per heavy atom. The smallest absolute Gasteiger partial charge is 0.269 e. The normalized spacial score (nSPS) is 14.7. The van der Waals surface area contributed by atoms with E-state index in [2.05, 4.69) is 4.98 Å². The van der Waals surface area contributed by atoms with E-state index >= 15 is 0 Å². The molecule has 10 heteroatoms. The zero-order valence-electron chi connectivity index (χ0n) is 17.0. The van der Waals surface area contributed by atoms with Gasteiger partial charge in [0.05, 0.1) is 21.4 Å². The molecule has 1 aliphatic rings. The minimum absolute atomic E-state index is 0.0204. The predicted molar refractivity (Wildman–Crippen MR) is 132 cm³/mol. The van der Waals surface area contributed by atoms with E-state index in [1.54, 1.807) is 53.7 Å². The fourth-order valence-corrected chi connectivity index (χ4v) is 4.56. The number of thioether (sulfide) groups is 1. The molecule has 0 bridgehead atoms. The predicted octanol–water partition coefficient (Wildman–Crippen LogP) is 5.62. The molecule has 7 nitrogen and oxygen atoms in total. The van der Waals surface area contributed by atoms with Crippen LogP contribution in [0.3, 0.4) is 0 Å². The summed E-state index contributed by atoms with van der Waals surface area (Å²) in [6.07, 6.45) is 5.13. The number of ether oxygens (including phenoxy) is 1. The minimum Gasteiger partial charge on any atom is -0.487 e. The summed E-state index contributed by atoms with van der Waals surface area (Å²) in [4.78, 5) is 29.3. The van der Waals surface area contributed by atoms with Crippen LogP contribution in [0.1, 0.15) is 16.7 Å². The number of amides is 1. The van der Waals surface area contributed by atoms with Crippen LogP contribution < -0.4 is 4.74 Å². The molecule has 0 saturated carbocycles. The van der Waals surface area contributed by atoms with E-state index < -0.39 is 4.92 Å². The molecule has 2 heterocycles. The Balaban J connectivity index is 1.42. The average Bonchev–Trinajstić information content (AvgIpc) is 3.07. The monoisotopic (exact) mass is 497 g/mol. The highest BCUT2D eigenvalue weighted by molar-refractivity contribution is 8.26. The maximum atomic E-state index is 12.8. The van der Waals surface area contributed by atoms with Gasteiger partial charge in [-0.1, -0.05) is 47.7 Å². The third-order valence-corrected chi connectivity index (χ3v) is 6.41. The summed E-state index contributed by atoms with van der Waals surface area (Å²) >= 11 is 13.0. The molecule has 33 heavy (non-hydrogen) atoms. The second-order valence-corrected chi connectivity index (χ2v) is 9.11. The van der Waals surface area contributed by atoms with Crippen LogP contribution in [0.4, 0.5) is 5.69 Å². The standard InChI is InChI=1S/C23H16ClN3O4S2/c24-19-10-16(5-8-20(19)31-14-15-3-6-18(7-4-15)27(29)30)11-21-22(28)26(23(32)33-21)13-17-2-1-9-25-12-17/h1-12H,13-14H2/b21-11-. The van der Waals surface area contributed by atoms with Crippen molar-refractivity contribution in [3.8, 4) is 5.75 Å². The molecular formula is C23H16ClN3O4S2. The van der Waals surface area contributed by atoms with Crippen molar-refractivity contribution in [1.29, 1.82) is 0 Å². The number of nitro benzene ring substituents is 1. The van der Waals surface area contributed by atoms with Crippen LogP contribution in [0.2, 0.25) is 5.02 Å². The molecule has 4 rings (SSSR count). The number of halogens is 1. The molecule has 1 fully saturated rings. The van der Waals surface area contributed by atoms with Crippen molar-refractivity contribution in [1.82, 2.24) is 9.88 Å². The van der Waals surface area contributed by atoms with E-state index in [1.165, 1.54) is 23.9 Å². The number of aromatic nitrogens is 1. The van der Waals surface area contributed by atoms with Gasteiger partial charge in [0, 0.05) is 24.5 Å². The fraction of sp³-hybridized carbons (Fsp3) is 0.0870. The minimum atomic E-state index is -0.451. The first-order valence-corrected chi connectivity index (χ1v) is 11.3. The largest absolute Gasteiger partial charge is 0.487 e. The average molecular weight is 498 g/mol. The number of hydrogen-bond acceptors (Lipinski definition) is 7. The van der Waals surface area contributed by atoms with Crippen molar-refractivity contribution in [3.63, 3.8) is 0 Å². The van der Waals surface area contributed by atoms with Crippen LogP contribution in [-0.2, 0) is 17.9 Å². The topological polar surface area (TPSA) is 85.6 Å². The van der Waals surface area contributed by atoms with Crippen molar-refractivity contribution in [2.24, 2.45) is 0 Å². The molecule has 1 aliphatic heterocycles. The van der Waals surface area contributed by atoms with Gasteiger partial charge in [0.15, 0.2) is 0 Å². The van der Waals surface area contributed by atoms with Gasteiger partial charge in [-0.3, -0.25) is 24.8 Å². The molecular weight excluding hydrogens is 482 g/mol. The second-order valence-electron chi connectivity index (χ2n) is 7.03. The van der Waals surface area contributed by atoms with Crippen molar-refractivity contribution >= 4 is 57.6 Å². The maximum Gasteiger partial charge on any atom is 0.269 e. The van der Waals surface area contributed by atoms with Crippen molar-refractivity contribution in [3.05, 3.63) is 104 Å². The van der Waals surface area contributed by atoms with Crippen LogP contribution in [0, 0.1) is 10.1 Å². The van der Waals surface area contributed by atoms with Gasteiger partial charge in [-0.15, -0.1) is 0 Å². The van der Waals surface area contributed by atoms with Gasteiger partial charge in [0.25, 0.3) is 11.6 Å². The third kappa shape index (κ3) is 5.57. The lowest BCUT2D eigenvalue weighted by Gasteiger charge is -2.13. The molecule has 3 aromatic rings. The Morgan fingerprint density at radius 3 is 2.64 bits per heavy atom. The first kappa shape index (κ1) is 22.9. The highest BCUT2D eigenvalue weighted by Gasteiger charge is 2.32. The first-order valence-electron chi connectivity index (χ1n) is 9.70. The Bertz CT molecular complexity index is 1250. The Hall–Kier alpha value is -3.27. The molecule has 166 valence electrons. The van der Waals surface area contributed by atoms with Gasteiger partial charge < -0.3 is 4.74 Å². The van der Waals surface area contributed by atoms with E-state index in [0.717, 1.165) is 16.7 Å². The highest BCUT2D eigenvalue weighted by atomic mass is 35.5. The molecule has 0 atom stereocenters. The number of non-ortho nitro benzene ring substituents is 1. The number of pyridine rings is 1. The maximum absolute atomic E-state index is 12.8. The van der Waals surface area contributed by atoms with E-state index in [4.69, 9.17) is 28.6 Å². The Labute approximate surface area is 204 Å². The number of thiocarbonyl (C=S) groups is 1. The molecule has 0 spiro atoms. The van der Waals surface area contributed by atoms with Crippen LogP contribution in [0.15, 0.2) is 71.9 Å². The first-order chi connectivity index (χ1) is 15.9. The number of rotatable bonds is 7. The summed E-state index contributed by atoms with van der Waals surface area (Å²) in [5.41, 5.74) is 2.43. The third-order valence-electron chi connectivity index (χ3n) is 4.73. The van der Waals surface area contributed by atoms with Gasteiger partial charge in [-0.25, -0.2) is 0 Å². The van der Waals surface area contributed by atoms with Crippen LogP contribution in [0.5, 0.6) is 5.75 Å². The molecule has 0 N–H and O–H groups in total. The van der Waals surface area contributed by atoms with Crippen LogP contribution in [-0.4, -0.2) is 25.0 Å².